The zero-order valence-corrected chi connectivity index (χ0v) is 11.8. The van der Waals surface area contributed by atoms with Gasteiger partial charge in [-0.2, -0.15) is 5.10 Å². The molecule has 1 aromatic carbocycles. The van der Waals surface area contributed by atoms with Crippen LogP contribution in [0.4, 0.5) is 14.5 Å². The number of anilines is 1. The van der Waals surface area contributed by atoms with Crippen LogP contribution in [-0.2, 0) is 16.6 Å². The van der Waals surface area contributed by atoms with Crippen LogP contribution >= 0.6 is 0 Å². The molecule has 21 heavy (non-hydrogen) atoms. The Morgan fingerprint density at radius 2 is 2.00 bits per heavy atom. The predicted octanol–water partition coefficient (Wildman–Crippen LogP) is 1.96. The maximum atomic E-state index is 13.7. The minimum atomic E-state index is -4.13. The number of sulfonamides is 1. The van der Waals surface area contributed by atoms with E-state index in [0.717, 1.165) is 18.3 Å². The van der Waals surface area contributed by atoms with Gasteiger partial charge in [0.15, 0.2) is 11.6 Å². The summed E-state index contributed by atoms with van der Waals surface area (Å²) in [7, 11) is -4.13. The third-order valence-corrected chi connectivity index (χ3v) is 3.99. The monoisotopic (exact) mass is 311 g/mol. The molecule has 1 N–H and O–H groups in total. The van der Waals surface area contributed by atoms with Crippen molar-refractivity contribution < 1.29 is 17.2 Å². The predicted molar refractivity (Wildman–Crippen MR) is 73.0 cm³/mol. The second kappa shape index (κ2) is 5.54. The van der Waals surface area contributed by atoms with Gasteiger partial charge in [0.25, 0.3) is 10.0 Å². The molecule has 8 heteroatoms. The first-order valence-electron chi connectivity index (χ1n) is 5.88. The van der Waals surface area contributed by atoms with E-state index in [1.807, 2.05) is 4.72 Å². The van der Waals surface area contributed by atoms with Gasteiger partial charge in [-0.1, -0.05) is 5.92 Å². The lowest BCUT2D eigenvalue weighted by Crippen LogP contribution is -2.15. The van der Waals surface area contributed by atoms with Gasteiger partial charge >= 0.3 is 0 Å². The minimum Gasteiger partial charge on any atom is -0.274 e. The van der Waals surface area contributed by atoms with Crippen molar-refractivity contribution in [1.82, 2.24) is 9.78 Å². The maximum Gasteiger partial charge on any atom is 0.265 e. The van der Waals surface area contributed by atoms with Crippen LogP contribution in [0, 0.1) is 24.0 Å². The Hall–Kier alpha value is -2.40. The number of nitrogens with zero attached hydrogens (tertiary/aromatic N) is 2. The van der Waals surface area contributed by atoms with E-state index in [4.69, 9.17) is 6.42 Å². The van der Waals surface area contributed by atoms with E-state index in [2.05, 4.69) is 11.0 Å². The molecule has 0 aliphatic carbocycles. The molecule has 0 bridgehead atoms. The number of halogens is 2. The highest BCUT2D eigenvalue weighted by Crippen LogP contribution is 2.23. The molecule has 0 fully saturated rings. The van der Waals surface area contributed by atoms with Crippen molar-refractivity contribution in [2.24, 2.45) is 0 Å². The number of nitrogens with one attached hydrogen (secondary N) is 1. The normalized spacial score (nSPS) is 11.1. The number of rotatable bonds is 4. The summed E-state index contributed by atoms with van der Waals surface area (Å²) in [6.07, 6.45) is 7.39. The second-order valence-electron chi connectivity index (χ2n) is 4.10. The van der Waals surface area contributed by atoms with Crippen LogP contribution in [0.25, 0.3) is 0 Å². The first-order chi connectivity index (χ1) is 9.87. The molecule has 0 aliphatic rings. The van der Waals surface area contributed by atoms with Gasteiger partial charge in [0.05, 0.1) is 6.20 Å². The Kier molecular flexibility index (Phi) is 3.95. The summed E-state index contributed by atoms with van der Waals surface area (Å²) in [5.74, 6) is -0.106. The van der Waals surface area contributed by atoms with Crippen LogP contribution in [0.2, 0.25) is 0 Å². The van der Waals surface area contributed by atoms with Crippen LogP contribution in [0.5, 0.6) is 0 Å². The quantitative estimate of drug-likeness (QED) is 0.878. The van der Waals surface area contributed by atoms with Crippen LogP contribution in [0.15, 0.2) is 29.4 Å². The summed E-state index contributed by atoms with van der Waals surface area (Å²) in [5.41, 5.74) is -0.801. The fourth-order valence-corrected chi connectivity index (χ4v) is 2.63. The van der Waals surface area contributed by atoms with Crippen molar-refractivity contribution in [2.45, 2.75) is 18.4 Å². The molecular formula is C13H11F2N3O2S. The zero-order chi connectivity index (χ0) is 15.6. The summed E-state index contributed by atoms with van der Waals surface area (Å²) in [5, 5.41) is 3.80. The van der Waals surface area contributed by atoms with Crippen LogP contribution in [0.3, 0.4) is 0 Å². The number of terminal acetylenes is 1. The molecule has 0 aliphatic heterocycles. The molecule has 2 rings (SSSR count). The Morgan fingerprint density at radius 3 is 2.48 bits per heavy atom. The van der Waals surface area contributed by atoms with E-state index in [1.165, 1.54) is 10.9 Å². The van der Waals surface area contributed by atoms with Gasteiger partial charge in [0.1, 0.15) is 10.6 Å². The molecular weight excluding hydrogens is 300 g/mol. The van der Waals surface area contributed by atoms with Crippen molar-refractivity contribution in [3.05, 3.63) is 41.7 Å². The van der Waals surface area contributed by atoms with Crippen LogP contribution in [-0.4, -0.2) is 18.2 Å². The second-order valence-corrected chi connectivity index (χ2v) is 5.78. The third kappa shape index (κ3) is 3.03. The van der Waals surface area contributed by atoms with Crippen molar-refractivity contribution in [3.63, 3.8) is 0 Å². The molecule has 0 spiro atoms. The Bertz CT molecular complexity index is 799. The molecule has 0 unspecified atom stereocenters. The van der Waals surface area contributed by atoms with Crippen molar-refractivity contribution >= 4 is 15.7 Å². The fourth-order valence-electron chi connectivity index (χ4n) is 1.60. The molecule has 0 radical (unpaired) electrons. The molecule has 2 aromatic rings. The summed E-state index contributed by atoms with van der Waals surface area (Å²) in [6.45, 7) is 2.24. The molecule has 0 amide bonds. The lowest BCUT2D eigenvalue weighted by molar-refractivity contribution is 0.582. The third-order valence-electron chi connectivity index (χ3n) is 2.69. The first kappa shape index (κ1) is 15.0. The van der Waals surface area contributed by atoms with Gasteiger partial charge < -0.3 is 0 Å². The largest absolute Gasteiger partial charge is 0.274 e. The van der Waals surface area contributed by atoms with E-state index >= 15 is 0 Å². The highest BCUT2D eigenvalue weighted by Gasteiger charge is 2.21. The molecule has 110 valence electrons. The van der Waals surface area contributed by atoms with Crippen molar-refractivity contribution in [1.29, 1.82) is 0 Å². The standard InChI is InChI=1S/C13H11F2N3O2S/c1-3-9-5-11(14)13(12(15)6-9)17-21(19,20)10-7-16-18(4-2)8-10/h1,5-8,17H,4H2,2H3. The van der Waals surface area contributed by atoms with Gasteiger partial charge in [0.2, 0.25) is 0 Å². The van der Waals surface area contributed by atoms with E-state index in [0.29, 0.717) is 6.54 Å². The summed E-state index contributed by atoms with van der Waals surface area (Å²) >= 11 is 0. The number of hydrogen-bond acceptors (Lipinski definition) is 3. The molecule has 0 atom stereocenters. The SMILES string of the molecule is C#Cc1cc(F)c(NS(=O)(=O)c2cnn(CC)c2)c(F)c1. The summed E-state index contributed by atoms with van der Waals surface area (Å²) < 4.78 is 54.8. The summed E-state index contributed by atoms with van der Waals surface area (Å²) in [4.78, 5) is -0.191. The smallest absolute Gasteiger partial charge is 0.265 e. The highest BCUT2D eigenvalue weighted by molar-refractivity contribution is 7.92. The fraction of sp³-hybridized carbons (Fsp3) is 0.154. The number of hydrogen-bond donors (Lipinski definition) is 1. The lowest BCUT2D eigenvalue weighted by atomic mass is 10.2. The van der Waals surface area contributed by atoms with E-state index in [9.17, 15) is 17.2 Å². The van der Waals surface area contributed by atoms with Gasteiger partial charge in [-0.15, -0.1) is 6.42 Å². The van der Waals surface area contributed by atoms with Crippen LogP contribution in [0.1, 0.15) is 12.5 Å². The van der Waals surface area contributed by atoms with Gasteiger partial charge in [-0.05, 0) is 19.1 Å². The number of benzene rings is 1. The van der Waals surface area contributed by atoms with Gasteiger partial charge in [0, 0.05) is 18.3 Å². The van der Waals surface area contributed by atoms with Gasteiger partial charge in [-0.25, -0.2) is 17.2 Å². The van der Waals surface area contributed by atoms with Crippen LogP contribution < -0.4 is 4.72 Å². The summed E-state index contributed by atoms with van der Waals surface area (Å²) in [6, 6.07) is 1.74. The van der Waals surface area contributed by atoms with E-state index in [-0.39, 0.29) is 10.5 Å². The molecule has 5 nitrogen and oxygen atoms in total. The van der Waals surface area contributed by atoms with E-state index < -0.39 is 27.3 Å². The average molecular weight is 311 g/mol. The Labute approximate surface area is 120 Å². The minimum absolute atomic E-state index is 0.0215. The Balaban J connectivity index is 2.40. The molecule has 0 saturated carbocycles. The van der Waals surface area contributed by atoms with E-state index in [1.54, 1.807) is 6.92 Å². The van der Waals surface area contributed by atoms with Crippen molar-refractivity contribution in [2.75, 3.05) is 4.72 Å². The molecule has 1 aromatic heterocycles. The lowest BCUT2D eigenvalue weighted by Gasteiger charge is -2.09. The zero-order valence-electron chi connectivity index (χ0n) is 11.0. The highest BCUT2D eigenvalue weighted by atomic mass is 32.2. The maximum absolute atomic E-state index is 13.7. The number of aryl methyl sites for hydroxylation is 1. The first-order valence-corrected chi connectivity index (χ1v) is 7.36. The topological polar surface area (TPSA) is 64.0 Å². The molecule has 0 saturated heterocycles. The molecule has 1 heterocycles. The Morgan fingerprint density at radius 1 is 1.38 bits per heavy atom. The van der Waals surface area contributed by atoms with Gasteiger partial charge in [-0.3, -0.25) is 9.40 Å². The number of aromatic nitrogens is 2. The van der Waals surface area contributed by atoms with Crippen molar-refractivity contribution in [3.8, 4) is 12.3 Å². The average Bonchev–Trinajstić information content (AvgIpc) is 2.92.